The first-order valence-corrected chi connectivity index (χ1v) is 3.76. The van der Waals surface area contributed by atoms with E-state index in [1.165, 1.54) is 7.11 Å². The second kappa shape index (κ2) is 6.36. The van der Waals surface area contributed by atoms with E-state index in [-0.39, 0.29) is 13.0 Å². The lowest BCUT2D eigenvalue weighted by atomic mass is 10.2. The Morgan fingerprint density at radius 3 is 2.62 bits per heavy atom. The minimum atomic E-state index is -0.844. The van der Waals surface area contributed by atoms with Crippen molar-refractivity contribution < 1.29 is 18.7 Å². The van der Waals surface area contributed by atoms with Gasteiger partial charge in [-0.3, -0.25) is 9.59 Å². The van der Waals surface area contributed by atoms with Crippen LogP contribution in [-0.4, -0.2) is 38.2 Å². The smallest absolute Gasteiger partial charge is 0.307 e. The van der Waals surface area contributed by atoms with Gasteiger partial charge < -0.3 is 15.8 Å². The molecule has 0 aliphatic heterocycles. The molecule has 0 aromatic rings. The van der Waals surface area contributed by atoms with Gasteiger partial charge in [-0.25, -0.2) is 4.39 Å². The van der Waals surface area contributed by atoms with Gasteiger partial charge in [-0.05, 0) is 0 Å². The zero-order valence-corrected chi connectivity index (χ0v) is 7.38. The van der Waals surface area contributed by atoms with Crippen LogP contribution in [0.2, 0.25) is 0 Å². The van der Waals surface area contributed by atoms with Crippen LogP contribution >= 0.6 is 0 Å². The van der Waals surface area contributed by atoms with Gasteiger partial charge in [-0.1, -0.05) is 0 Å². The van der Waals surface area contributed by atoms with Crippen molar-refractivity contribution in [2.75, 3.05) is 20.3 Å². The molecule has 0 aromatic heterocycles. The number of carbonyl (C=O) groups excluding carboxylic acids is 2. The van der Waals surface area contributed by atoms with E-state index in [4.69, 9.17) is 5.73 Å². The predicted molar refractivity (Wildman–Crippen MR) is 43.6 cm³/mol. The molecule has 13 heavy (non-hydrogen) atoms. The van der Waals surface area contributed by atoms with Crippen LogP contribution in [0.5, 0.6) is 0 Å². The molecule has 0 radical (unpaired) electrons. The van der Waals surface area contributed by atoms with E-state index < -0.39 is 24.6 Å². The summed E-state index contributed by atoms with van der Waals surface area (Å²) in [5.74, 6) is -1.06. The summed E-state index contributed by atoms with van der Waals surface area (Å²) in [6, 6.07) is -0.844. The van der Waals surface area contributed by atoms with Gasteiger partial charge in [-0.15, -0.1) is 0 Å². The number of amides is 1. The highest BCUT2D eigenvalue weighted by Gasteiger charge is 2.15. The Morgan fingerprint density at radius 2 is 2.23 bits per heavy atom. The molecule has 0 heterocycles. The molecule has 0 saturated carbocycles. The van der Waals surface area contributed by atoms with Crippen LogP contribution < -0.4 is 11.1 Å². The second-order valence-electron chi connectivity index (χ2n) is 2.40. The Labute approximate surface area is 75.4 Å². The largest absolute Gasteiger partial charge is 0.469 e. The number of carbonyl (C=O) groups is 2. The van der Waals surface area contributed by atoms with Crippen LogP contribution in [0.1, 0.15) is 6.42 Å². The van der Waals surface area contributed by atoms with Gasteiger partial charge in [0.05, 0.1) is 26.1 Å². The monoisotopic (exact) mass is 192 g/mol. The Bertz CT molecular complexity index is 169. The highest BCUT2D eigenvalue weighted by molar-refractivity contribution is 5.79. The van der Waals surface area contributed by atoms with E-state index in [9.17, 15) is 14.0 Å². The lowest BCUT2D eigenvalue weighted by Gasteiger charge is -2.12. The van der Waals surface area contributed by atoms with Gasteiger partial charge >= 0.3 is 5.97 Å². The Morgan fingerprint density at radius 1 is 1.62 bits per heavy atom. The quantitative estimate of drug-likeness (QED) is 0.545. The topological polar surface area (TPSA) is 81.4 Å². The average molecular weight is 192 g/mol. The summed E-state index contributed by atoms with van der Waals surface area (Å²) in [6.45, 7) is -1.04. The van der Waals surface area contributed by atoms with Crippen molar-refractivity contribution in [3.63, 3.8) is 0 Å². The lowest BCUT2D eigenvalue weighted by molar-refractivity contribution is -0.141. The normalized spacial score (nSPS) is 11.9. The molecule has 3 N–H and O–H groups in total. The summed E-state index contributed by atoms with van der Waals surface area (Å²) < 4.78 is 16.5. The molecule has 0 bridgehead atoms. The minimum absolute atomic E-state index is 0.182. The van der Waals surface area contributed by atoms with Gasteiger partial charge in [0, 0.05) is 0 Å². The number of alkyl halides is 1. The molecule has 0 spiro atoms. The first kappa shape index (κ1) is 11.8. The maximum absolute atomic E-state index is 12.2. The van der Waals surface area contributed by atoms with Crippen molar-refractivity contribution >= 4 is 11.9 Å². The predicted octanol–water partition coefficient (Wildman–Crippen LogP) is -1.04. The number of hydrogen-bond acceptors (Lipinski definition) is 4. The van der Waals surface area contributed by atoms with Gasteiger partial charge in [0.15, 0.2) is 0 Å². The van der Waals surface area contributed by atoms with E-state index in [0.29, 0.717) is 0 Å². The Kier molecular flexibility index (Phi) is 5.79. The maximum atomic E-state index is 12.2. The van der Waals surface area contributed by atoms with Crippen LogP contribution in [-0.2, 0) is 14.3 Å². The standard InChI is InChI=1S/C7H13FN2O3/c1-13-7(12)2-5(3-8)10-6(11)4-9/h5H,2-4,9H2,1H3,(H,10,11). The van der Waals surface area contributed by atoms with Gasteiger partial charge in [-0.2, -0.15) is 0 Å². The number of hydrogen-bond donors (Lipinski definition) is 2. The molecule has 0 saturated heterocycles. The fraction of sp³-hybridized carbons (Fsp3) is 0.714. The highest BCUT2D eigenvalue weighted by Crippen LogP contribution is 1.95. The fourth-order valence-electron chi connectivity index (χ4n) is 0.715. The third kappa shape index (κ3) is 5.13. The molecule has 1 amide bonds. The van der Waals surface area contributed by atoms with E-state index in [1.807, 2.05) is 0 Å². The molecule has 76 valence electrons. The molecule has 1 atom stereocenters. The molecule has 5 nitrogen and oxygen atoms in total. The van der Waals surface area contributed by atoms with Crippen molar-refractivity contribution in [3.8, 4) is 0 Å². The molecule has 1 unspecified atom stereocenters. The second-order valence-corrected chi connectivity index (χ2v) is 2.40. The molecular formula is C7H13FN2O3. The summed E-state index contributed by atoms with van der Waals surface area (Å²) in [6.07, 6.45) is -0.182. The van der Waals surface area contributed by atoms with E-state index >= 15 is 0 Å². The van der Waals surface area contributed by atoms with Crippen molar-refractivity contribution in [1.29, 1.82) is 0 Å². The number of esters is 1. The highest BCUT2D eigenvalue weighted by atomic mass is 19.1. The summed E-state index contributed by atoms with van der Waals surface area (Å²) in [7, 11) is 1.20. The maximum Gasteiger partial charge on any atom is 0.307 e. The zero-order chi connectivity index (χ0) is 10.3. The van der Waals surface area contributed by atoms with Crippen LogP contribution in [0.4, 0.5) is 4.39 Å². The molecule has 0 rings (SSSR count). The van der Waals surface area contributed by atoms with E-state index in [2.05, 4.69) is 10.1 Å². The van der Waals surface area contributed by atoms with E-state index in [1.54, 1.807) is 0 Å². The molecule has 0 aromatic carbocycles. The van der Waals surface area contributed by atoms with Crippen molar-refractivity contribution in [2.45, 2.75) is 12.5 Å². The minimum Gasteiger partial charge on any atom is -0.469 e. The van der Waals surface area contributed by atoms with Crippen LogP contribution in [0, 0.1) is 0 Å². The average Bonchev–Trinajstić information content (AvgIpc) is 2.16. The third-order valence-electron chi connectivity index (χ3n) is 1.38. The summed E-state index contributed by atoms with van der Waals surface area (Å²) >= 11 is 0. The molecule has 0 fully saturated rings. The number of rotatable bonds is 5. The Hall–Kier alpha value is -1.17. The van der Waals surface area contributed by atoms with Crippen LogP contribution in [0.3, 0.4) is 0 Å². The number of ether oxygens (including phenoxy) is 1. The van der Waals surface area contributed by atoms with E-state index in [0.717, 1.165) is 0 Å². The van der Waals surface area contributed by atoms with Crippen LogP contribution in [0.15, 0.2) is 0 Å². The first-order chi connectivity index (χ1) is 6.13. The summed E-state index contributed by atoms with van der Waals surface area (Å²) in [5.41, 5.74) is 4.99. The van der Waals surface area contributed by atoms with Gasteiger partial charge in [0.25, 0.3) is 0 Å². The zero-order valence-electron chi connectivity index (χ0n) is 7.38. The number of nitrogens with two attached hydrogens (primary N) is 1. The first-order valence-electron chi connectivity index (χ1n) is 3.76. The number of halogens is 1. The molecule has 0 aliphatic rings. The molecular weight excluding hydrogens is 179 g/mol. The van der Waals surface area contributed by atoms with Gasteiger partial charge in [0.1, 0.15) is 6.67 Å². The van der Waals surface area contributed by atoms with Gasteiger partial charge in [0.2, 0.25) is 5.91 Å². The third-order valence-corrected chi connectivity index (χ3v) is 1.38. The Balaban J connectivity index is 3.89. The summed E-state index contributed by atoms with van der Waals surface area (Å²) in [5, 5.41) is 2.24. The van der Waals surface area contributed by atoms with Crippen molar-refractivity contribution in [2.24, 2.45) is 5.73 Å². The molecule has 0 aliphatic carbocycles. The summed E-state index contributed by atoms with van der Waals surface area (Å²) in [4.78, 5) is 21.4. The lowest BCUT2D eigenvalue weighted by Crippen LogP contribution is -2.41. The number of nitrogens with one attached hydrogen (secondary N) is 1. The van der Waals surface area contributed by atoms with Crippen LogP contribution in [0.25, 0.3) is 0 Å². The molecule has 6 heteroatoms. The SMILES string of the molecule is COC(=O)CC(CF)NC(=O)CN. The number of methoxy groups -OCH3 is 1. The van der Waals surface area contributed by atoms with Crippen molar-refractivity contribution in [1.82, 2.24) is 5.32 Å². The van der Waals surface area contributed by atoms with Crippen molar-refractivity contribution in [3.05, 3.63) is 0 Å². The fourth-order valence-corrected chi connectivity index (χ4v) is 0.715.